The molecule has 3 aromatic carbocycles. The Hall–Kier alpha value is -4.88. The van der Waals surface area contributed by atoms with E-state index in [1.807, 2.05) is 9.91 Å². The van der Waals surface area contributed by atoms with E-state index in [0.717, 1.165) is 19.4 Å². The van der Waals surface area contributed by atoms with Crippen LogP contribution < -0.4 is 35.6 Å². The van der Waals surface area contributed by atoms with Crippen LogP contribution in [0.1, 0.15) is 31.6 Å². The number of rotatable bonds is 8. The molecule has 2 aliphatic heterocycles. The van der Waals surface area contributed by atoms with Crippen molar-refractivity contribution in [1.82, 2.24) is 19.9 Å². The second kappa shape index (κ2) is 14.1. The standard InChI is InChI=1S/C34H37ClFN7O5/c1-21(42(29-13-11-25(47-2)20-30(29)48-3)34(46)38-24-9-7-23(36)8-10-24)31-39-27-12-6-22(35)19-26(27)32(44)43(31)41-17-15-40(16-18-41)33(45)28-5-4-14-37-28/h6-13,19-21,28,37H,4-5,14-18H2,1-3H3,(H,38,46)/t21?,28-/m0/s1. The van der Waals surface area contributed by atoms with Gasteiger partial charge >= 0.3 is 6.03 Å². The van der Waals surface area contributed by atoms with Crippen LogP contribution in [0.2, 0.25) is 5.02 Å². The monoisotopic (exact) mass is 677 g/mol. The molecule has 14 heteroatoms. The highest BCUT2D eigenvalue weighted by molar-refractivity contribution is 6.31. The number of methoxy groups -OCH3 is 2. The summed E-state index contributed by atoms with van der Waals surface area (Å²) < 4.78 is 26.3. The van der Waals surface area contributed by atoms with Crippen molar-refractivity contribution < 1.29 is 23.5 Å². The molecule has 2 fully saturated rings. The molecular weight excluding hydrogens is 641 g/mol. The Morgan fingerprint density at radius 1 is 1.04 bits per heavy atom. The van der Waals surface area contributed by atoms with E-state index >= 15 is 0 Å². The number of hydrogen-bond acceptors (Lipinski definition) is 8. The van der Waals surface area contributed by atoms with Gasteiger partial charge in [-0.2, -0.15) is 0 Å². The highest BCUT2D eigenvalue weighted by Crippen LogP contribution is 2.37. The number of amides is 3. The summed E-state index contributed by atoms with van der Waals surface area (Å²) in [4.78, 5) is 49.9. The molecule has 3 amide bonds. The second-order valence-corrected chi connectivity index (χ2v) is 12.1. The van der Waals surface area contributed by atoms with E-state index in [0.29, 0.717) is 65.0 Å². The van der Waals surface area contributed by atoms with Crippen molar-refractivity contribution in [1.29, 1.82) is 0 Å². The van der Waals surface area contributed by atoms with E-state index in [2.05, 4.69) is 10.6 Å². The number of benzene rings is 3. The Morgan fingerprint density at radius 3 is 2.46 bits per heavy atom. The highest BCUT2D eigenvalue weighted by atomic mass is 35.5. The molecule has 2 saturated heterocycles. The largest absolute Gasteiger partial charge is 0.497 e. The molecule has 4 aromatic rings. The quantitative estimate of drug-likeness (QED) is 0.279. The third-order valence-electron chi connectivity index (χ3n) is 8.76. The summed E-state index contributed by atoms with van der Waals surface area (Å²) >= 11 is 6.32. The van der Waals surface area contributed by atoms with Gasteiger partial charge in [0.05, 0.1) is 56.0 Å². The zero-order chi connectivity index (χ0) is 33.9. The van der Waals surface area contributed by atoms with Crippen molar-refractivity contribution in [2.24, 2.45) is 0 Å². The van der Waals surface area contributed by atoms with Crippen molar-refractivity contribution in [2.75, 3.05) is 62.2 Å². The number of piperazine rings is 1. The lowest BCUT2D eigenvalue weighted by Crippen LogP contribution is -2.58. The fraction of sp³-hybridized carbons (Fsp3) is 0.353. The molecule has 2 N–H and O–H groups in total. The lowest BCUT2D eigenvalue weighted by molar-refractivity contribution is -0.133. The number of carbonyl (C=O) groups is 2. The number of aromatic nitrogens is 2. The maximum Gasteiger partial charge on any atom is 0.327 e. The van der Waals surface area contributed by atoms with Gasteiger partial charge in [0.1, 0.15) is 17.3 Å². The fourth-order valence-corrected chi connectivity index (χ4v) is 6.42. The lowest BCUT2D eigenvalue weighted by Gasteiger charge is -2.39. The maximum atomic E-state index is 14.3. The van der Waals surface area contributed by atoms with Gasteiger partial charge in [0.15, 0.2) is 5.82 Å². The first-order valence-corrected chi connectivity index (χ1v) is 16.1. The second-order valence-electron chi connectivity index (χ2n) is 11.7. The molecule has 1 unspecified atom stereocenters. The molecule has 0 aliphatic carbocycles. The van der Waals surface area contributed by atoms with Crippen molar-refractivity contribution >= 4 is 45.8 Å². The fourth-order valence-electron chi connectivity index (χ4n) is 6.25. The molecular formula is C34H37ClFN7O5. The molecule has 2 atom stereocenters. The van der Waals surface area contributed by atoms with Gasteiger partial charge in [0, 0.05) is 29.9 Å². The number of fused-ring (bicyclic) bond motifs is 1. The van der Waals surface area contributed by atoms with Crippen LogP contribution in [0.15, 0.2) is 65.5 Å². The van der Waals surface area contributed by atoms with E-state index < -0.39 is 17.9 Å². The van der Waals surface area contributed by atoms with Gasteiger partial charge in [-0.05, 0) is 80.9 Å². The SMILES string of the molecule is COc1ccc(N(C(=O)Nc2ccc(F)cc2)C(C)c2nc3ccc(Cl)cc3c(=O)n2N2CCN(C(=O)[C@@H]3CCCN3)CC2)c(OC)c1. The molecule has 12 nitrogen and oxygen atoms in total. The molecule has 1 aromatic heterocycles. The predicted molar refractivity (Wildman–Crippen MR) is 182 cm³/mol. The minimum atomic E-state index is -0.858. The molecule has 3 heterocycles. The lowest BCUT2D eigenvalue weighted by atomic mass is 10.1. The van der Waals surface area contributed by atoms with Crippen LogP contribution in [0, 0.1) is 5.82 Å². The van der Waals surface area contributed by atoms with E-state index in [1.54, 1.807) is 43.3 Å². The van der Waals surface area contributed by atoms with Gasteiger partial charge in [-0.15, -0.1) is 0 Å². The van der Waals surface area contributed by atoms with Crippen molar-refractivity contribution in [3.8, 4) is 11.5 Å². The van der Waals surface area contributed by atoms with Crippen molar-refractivity contribution in [2.45, 2.75) is 31.8 Å². The number of nitrogens with one attached hydrogen (secondary N) is 2. The van der Waals surface area contributed by atoms with E-state index in [9.17, 15) is 18.8 Å². The summed E-state index contributed by atoms with van der Waals surface area (Å²) in [6, 6.07) is 13.7. The van der Waals surface area contributed by atoms with E-state index in [1.165, 1.54) is 48.1 Å². The number of halogens is 2. The maximum absolute atomic E-state index is 14.3. The normalized spacial score (nSPS) is 16.9. The number of carbonyl (C=O) groups excluding carboxylic acids is 2. The number of hydrogen-bond donors (Lipinski definition) is 2. The van der Waals surface area contributed by atoms with E-state index in [4.69, 9.17) is 26.1 Å². The van der Waals surface area contributed by atoms with Gasteiger partial charge in [-0.1, -0.05) is 11.6 Å². The van der Waals surface area contributed by atoms with Crippen LogP contribution in [0.5, 0.6) is 11.5 Å². The summed E-state index contributed by atoms with van der Waals surface area (Å²) in [6.45, 7) is 4.12. The number of nitrogens with zero attached hydrogens (tertiary/aromatic N) is 5. The molecule has 2 aliphatic rings. The molecule has 252 valence electrons. The third-order valence-corrected chi connectivity index (χ3v) is 9.00. The smallest absolute Gasteiger partial charge is 0.327 e. The molecule has 0 saturated carbocycles. The average molecular weight is 678 g/mol. The summed E-state index contributed by atoms with van der Waals surface area (Å²) in [5.41, 5.74) is 0.787. The molecule has 0 spiro atoms. The van der Waals surface area contributed by atoms with Crippen LogP contribution in [0.25, 0.3) is 10.9 Å². The molecule has 0 radical (unpaired) electrons. The number of anilines is 2. The zero-order valence-electron chi connectivity index (χ0n) is 26.9. The Bertz CT molecular complexity index is 1870. The number of ether oxygens (including phenoxy) is 2. The predicted octanol–water partition coefficient (Wildman–Crippen LogP) is 4.54. The van der Waals surface area contributed by atoms with Gasteiger partial charge in [-0.25, -0.2) is 18.8 Å². The van der Waals surface area contributed by atoms with Gasteiger partial charge in [-0.3, -0.25) is 14.5 Å². The first kappa shape index (κ1) is 33.0. The zero-order valence-corrected chi connectivity index (χ0v) is 27.7. The van der Waals surface area contributed by atoms with Crippen LogP contribution >= 0.6 is 11.6 Å². The van der Waals surface area contributed by atoms with Crippen LogP contribution in [-0.4, -0.2) is 79.5 Å². The third kappa shape index (κ3) is 6.60. The summed E-state index contributed by atoms with van der Waals surface area (Å²) in [5, 5.41) is 8.66. The minimum Gasteiger partial charge on any atom is -0.497 e. The Balaban J connectivity index is 1.43. The highest BCUT2D eigenvalue weighted by Gasteiger charge is 2.34. The van der Waals surface area contributed by atoms with Crippen molar-refractivity contribution in [3.05, 3.63) is 87.7 Å². The van der Waals surface area contributed by atoms with Crippen LogP contribution in [0.3, 0.4) is 0 Å². The van der Waals surface area contributed by atoms with Gasteiger partial charge < -0.3 is 30.0 Å². The van der Waals surface area contributed by atoms with Crippen LogP contribution in [0.4, 0.5) is 20.6 Å². The molecule has 6 rings (SSSR count). The molecule has 0 bridgehead atoms. The summed E-state index contributed by atoms with van der Waals surface area (Å²) in [6.07, 6.45) is 1.77. The Kier molecular flexibility index (Phi) is 9.69. The summed E-state index contributed by atoms with van der Waals surface area (Å²) in [5.74, 6) is 0.747. The van der Waals surface area contributed by atoms with Gasteiger partial charge in [0.2, 0.25) is 5.91 Å². The Morgan fingerprint density at radius 2 is 1.79 bits per heavy atom. The minimum absolute atomic E-state index is 0.0618. The Labute approximate surface area is 282 Å². The van der Waals surface area contributed by atoms with Crippen LogP contribution in [-0.2, 0) is 4.79 Å². The topological polar surface area (TPSA) is 121 Å². The number of urea groups is 1. The van der Waals surface area contributed by atoms with Gasteiger partial charge in [0.25, 0.3) is 5.56 Å². The van der Waals surface area contributed by atoms with E-state index in [-0.39, 0.29) is 23.3 Å². The average Bonchev–Trinajstić information content (AvgIpc) is 3.65. The molecule has 48 heavy (non-hydrogen) atoms. The van der Waals surface area contributed by atoms with Crippen molar-refractivity contribution in [3.63, 3.8) is 0 Å². The first-order chi connectivity index (χ1) is 23.2. The first-order valence-electron chi connectivity index (χ1n) is 15.8. The summed E-state index contributed by atoms with van der Waals surface area (Å²) in [7, 11) is 3.01.